The van der Waals surface area contributed by atoms with Gasteiger partial charge < -0.3 is 14.5 Å². The van der Waals surface area contributed by atoms with Crippen molar-refractivity contribution in [3.63, 3.8) is 0 Å². The van der Waals surface area contributed by atoms with Crippen molar-refractivity contribution in [1.82, 2.24) is 4.90 Å². The zero-order chi connectivity index (χ0) is 19.4. The molecule has 1 heterocycles. The van der Waals surface area contributed by atoms with Gasteiger partial charge in [0, 0.05) is 12.0 Å². The van der Waals surface area contributed by atoms with Gasteiger partial charge >= 0.3 is 5.97 Å². The summed E-state index contributed by atoms with van der Waals surface area (Å²) in [6.45, 7) is 2.29. The molecule has 1 fully saturated rings. The van der Waals surface area contributed by atoms with Gasteiger partial charge in [-0.05, 0) is 35.7 Å². The van der Waals surface area contributed by atoms with E-state index >= 15 is 0 Å². The van der Waals surface area contributed by atoms with Crippen molar-refractivity contribution in [2.75, 3.05) is 20.8 Å². The van der Waals surface area contributed by atoms with E-state index < -0.39 is 12.0 Å². The summed E-state index contributed by atoms with van der Waals surface area (Å²) in [5.74, 6) is -0.691. The lowest BCUT2D eigenvalue weighted by molar-refractivity contribution is -0.145. The standard InChI is InChI=1S/C21H22N2O4/c1-14-6-4-5-7-18(14)15-8-10-16(11-9-15)20(24)23-13-17(22-27-3)12-19(23)21(25)26-2/h4-11,19H,12-13H2,1-3H3/b22-17-. The Labute approximate surface area is 158 Å². The number of carbonyl (C=O) groups excluding carboxylic acids is 2. The molecule has 0 aliphatic carbocycles. The first kappa shape index (κ1) is 18.6. The van der Waals surface area contributed by atoms with Crippen molar-refractivity contribution >= 4 is 17.6 Å². The van der Waals surface area contributed by atoms with E-state index in [1.165, 1.54) is 24.7 Å². The third kappa shape index (κ3) is 3.84. The predicted molar refractivity (Wildman–Crippen MR) is 103 cm³/mol. The summed E-state index contributed by atoms with van der Waals surface area (Å²) in [7, 11) is 2.75. The first-order valence-corrected chi connectivity index (χ1v) is 8.69. The largest absolute Gasteiger partial charge is 0.467 e. The quantitative estimate of drug-likeness (QED) is 0.616. The van der Waals surface area contributed by atoms with Gasteiger partial charge in [-0.1, -0.05) is 41.6 Å². The first-order chi connectivity index (χ1) is 13.0. The Morgan fingerprint density at radius 3 is 2.41 bits per heavy atom. The second-order valence-electron chi connectivity index (χ2n) is 6.41. The van der Waals surface area contributed by atoms with Gasteiger partial charge in [0.2, 0.25) is 0 Å². The number of aryl methyl sites for hydroxylation is 1. The van der Waals surface area contributed by atoms with Crippen molar-refractivity contribution in [1.29, 1.82) is 0 Å². The molecule has 0 bridgehead atoms. The predicted octanol–water partition coefficient (Wildman–Crippen LogP) is 3.05. The third-order valence-electron chi connectivity index (χ3n) is 4.70. The van der Waals surface area contributed by atoms with Gasteiger partial charge in [-0.25, -0.2) is 4.79 Å². The molecule has 0 saturated carbocycles. The van der Waals surface area contributed by atoms with Gasteiger partial charge in [-0.15, -0.1) is 0 Å². The van der Waals surface area contributed by atoms with Crippen LogP contribution in [0.4, 0.5) is 0 Å². The Morgan fingerprint density at radius 2 is 1.78 bits per heavy atom. The SMILES string of the molecule is CO/N=C1/CC(C(=O)OC)N(C(=O)c2ccc(-c3ccccc3C)cc2)C1. The topological polar surface area (TPSA) is 68.2 Å². The fraction of sp³-hybridized carbons (Fsp3) is 0.286. The molecule has 2 aromatic rings. The minimum atomic E-state index is -0.688. The Balaban J connectivity index is 1.85. The van der Waals surface area contributed by atoms with Crippen LogP contribution in [-0.2, 0) is 14.4 Å². The van der Waals surface area contributed by atoms with Crippen LogP contribution in [0, 0.1) is 6.92 Å². The number of hydrogen-bond acceptors (Lipinski definition) is 5. The molecular formula is C21H22N2O4. The smallest absolute Gasteiger partial charge is 0.329 e. The van der Waals surface area contributed by atoms with Crippen LogP contribution in [-0.4, -0.2) is 49.3 Å². The van der Waals surface area contributed by atoms with Crippen LogP contribution in [0.2, 0.25) is 0 Å². The number of likely N-dealkylation sites (tertiary alicyclic amines) is 1. The zero-order valence-electron chi connectivity index (χ0n) is 15.6. The molecule has 1 amide bonds. The lowest BCUT2D eigenvalue weighted by Gasteiger charge is -2.22. The highest BCUT2D eigenvalue weighted by Crippen LogP contribution is 2.25. The Kier molecular flexibility index (Phi) is 5.54. The molecule has 1 aliphatic heterocycles. The van der Waals surface area contributed by atoms with E-state index in [2.05, 4.69) is 18.1 Å². The number of amides is 1. The van der Waals surface area contributed by atoms with Crippen LogP contribution in [0.15, 0.2) is 53.7 Å². The number of nitrogens with zero attached hydrogens (tertiary/aromatic N) is 2. The second-order valence-corrected chi connectivity index (χ2v) is 6.41. The number of hydrogen-bond donors (Lipinski definition) is 0. The Hall–Kier alpha value is -3.15. The van der Waals surface area contributed by atoms with Gasteiger partial charge in [0.1, 0.15) is 13.2 Å². The van der Waals surface area contributed by atoms with E-state index in [0.29, 0.717) is 17.7 Å². The van der Waals surface area contributed by atoms with Gasteiger partial charge in [0.25, 0.3) is 5.91 Å². The summed E-state index contributed by atoms with van der Waals surface area (Å²) >= 11 is 0. The van der Waals surface area contributed by atoms with Crippen molar-refractivity contribution in [3.05, 3.63) is 59.7 Å². The molecule has 0 spiro atoms. The fourth-order valence-electron chi connectivity index (χ4n) is 3.31. The minimum absolute atomic E-state index is 0.233. The molecule has 6 nitrogen and oxygen atoms in total. The molecule has 27 heavy (non-hydrogen) atoms. The lowest BCUT2D eigenvalue weighted by atomic mass is 9.99. The van der Waals surface area contributed by atoms with E-state index in [1.807, 2.05) is 30.3 Å². The molecular weight excluding hydrogens is 344 g/mol. The molecule has 140 valence electrons. The highest BCUT2D eigenvalue weighted by Gasteiger charge is 2.39. The summed E-state index contributed by atoms with van der Waals surface area (Å²) in [4.78, 5) is 31.3. The molecule has 0 radical (unpaired) electrons. The molecule has 1 unspecified atom stereocenters. The number of esters is 1. The van der Waals surface area contributed by atoms with Crippen LogP contribution in [0.3, 0.4) is 0 Å². The highest BCUT2D eigenvalue weighted by molar-refractivity contribution is 6.04. The maximum Gasteiger partial charge on any atom is 0.329 e. The Morgan fingerprint density at radius 1 is 1.07 bits per heavy atom. The number of ether oxygens (including phenoxy) is 1. The number of oxime groups is 1. The summed E-state index contributed by atoms with van der Waals surface area (Å²) in [5.41, 5.74) is 4.48. The van der Waals surface area contributed by atoms with Crippen LogP contribution >= 0.6 is 0 Å². The molecule has 3 rings (SSSR count). The number of rotatable bonds is 4. The van der Waals surface area contributed by atoms with Crippen molar-refractivity contribution < 1.29 is 19.2 Å². The summed E-state index contributed by atoms with van der Waals surface area (Å²) in [6.07, 6.45) is 0.313. The second kappa shape index (κ2) is 8.03. The van der Waals surface area contributed by atoms with E-state index in [9.17, 15) is 9.59 Å². The van der Waals surface area contributed by atoms with E-state index in [4.69, 9.17) is 9.57 Å². The summed E-state index contributed by atoms with van der Waals surface area (Å²) in [6, 6.07) is 14.8. The first-order valence-electron chi connectivity index (χ1n) is 8.69. The van der Waals surface area contributed by atoms with Crippen molar-refractivity contribution in [2.45, 2.75) is 19.4 Å². The van der Waals surface area contributed by atoms with Crippen LogP contribution in [0.5, 0.6) is 0 Å². The monoisotopic (exact) mass is 366 g/mol. The summed E-state index contributed by atoms with van der Waals surface area (Å²) in [5, 5.41) is 3.90. The average molecular weight is 366 g/mol. The molecule has 1 atom stereocenters. The summed E-state index contributed by atoms with van der Waals surface area (Å²) < 4.78 is 4.84. The maximum atomic E-state index is 13.0. The maximum absolute atomic E-state index is 13.0. The molecule has 0 aromatic heterocycles. The minimum Gasteiger partial charge on any atom is -0.467 e. The number of methoxy groups -OCH3 is 1. The number of carbonyl (C=O) groups is 2. The van der Waals surface area contributed by atoms with Crippen LogP contribution < -0.4 is 0 Å². The highest BCUT2D eigenvalue weighted by atomic mass is 16.6. The normalized spacial score (nSPS) is 17.8. The fourth-order valence-corrected chi connectivity index (χ4v) is 3.31. The van der Waals surface area contributed by atoms with Gasteiger partial charge in [0.15, 0.2) is 0 Å². The van der Waals surface area contributed by atoms with E-state index in [-0.39, 0.29) is 12.5 Å². The number of benzene rings is 2. The third-order valence-corrected chi connectivity index (χ3v) is 4.70. The van der Waals surface area contributed by atoms with Crippen LogP contribution in [0.1, 0.15) is 22.3 Å². The molecule has 1 aliphatic rings. The van der Waals surface area contributed by atoms with E-state index in [0.717, 1.165) is 11.1 Å². The van der Waals surface area contributed by atoms with Gasteiger partial charge in [-0.3, -0.25) is 4.79 Å². The van der Waals surface area contributed by atoms with Crippen molar-refractivity contribution in [3.8, 4) is 11.1 Å². The molecule has 2 aromatic carbocycles. The van der Waals surface area contributed by atoms with E-state index in [1.54, 1.807) is 12.1 Å². The average Bonchev–Trinajstić information content (AvgIpc) is 3.11. The molecule has 0 N–H and O–H groups in total. The van der Waals surface area contributed by atoms with Gasteiger partial charge in [-0.2, -0.15) is 0 Å². The van der Waals surface area contributed by atoms with Crippen LogP contribution in [0.25, 0.3) is 11.1 Å². The molecule has 6 heteroatoms. The Bertz CT molecular complexity index is 874. The van der Waals surface area contributed by atoms with Gasteiger partial charge in [0.05, 0.1) is 19.4 Å². The lowest BCUT2D eigenvalue weighted by Crippen LogP contribution is -2.41. The van der Waals surface area contributed by atoms with Crippen molar-refractivity contribution in [2.24, 2.45) is 5.16 Å². The molecule has 1 saturated heterocycles. The zero-order valence-corrected chi connectivity index (χ0v) is 15.6.